The van der Waals surface area contributed by atoms with Crippen LogP contribution in [0, 0.1) is 5.92 Å². The number of nitrogens with zero attached hydrogens (tertiary/aromatic N) is 4. The standard InChI is InChI=1S/C20H32N4O/c25-20(16-9-4-1-2-5-10-16)23-13-8-11-17(15-23)19-22-21-18-12-6-3-7-14-24(18)19/h16-17H,1-15H2/t17-/m0/s1. The molecule has 0 radical (unpaired) electrons. The lowest BCUT2D eigenvalue weighted by Gasteiger charge is -2.34. The molecule has 5 heteroatoms. The predicted octanol–water partition coefficient (Wildman–Crippen LogP) is 3.68. The number of piperidine rings is 1. The Morgan fingerprint density at radius 2 is 1.64 bits per heavy atom. The van der Waals surface area contributed by atoms with Crippen molar-refractivity contribution in [2.75, 3.05) is 13.1 Å². The van der Waals surface area contributed by atoms with Gasteiger partial charge in [0.2, 0.25) is 5.91 Å². The molecule has 138 valence electrons. The summed E-state index contributed by atoms with van der Waals surface area (Å²) < 4.78 is 2.37. The van der Waals surface area contributed by atoms with Crippen LogP contribution in [0.5, 0.6) is 0 Å². The maximum atomic E-state index is 13.0. The van der Waals surface area contributed by atoms with Crippen LogP contribution < -0.4 is 0 Å². The first kappa shape index (κ1) is 17.0. The fourth-order valence-corrected chi connectivity index (χ4v) is 4.98. The van der Waals surface area contributed by atoms with Crippen molar-refractivity contribution in [1.29, 1.82) is 0 Å². The first-order valence-electron chi connectivity index (χ1n) is 10.5. The largest absolute Gasteiger partial charge is 0.342 e. The second-order valence-electron chi connectivity index (χ2n) is 8.25. The van der Waals surface area contributed by atoms with E-state index in [-0.39, 0.29) is 5.92 Å². The Morgan fingerprint density at radius 3 is 2.48 bits per heavy atom. The van der Waals surface area contributed by atoms with Crippen molar-refractivity contribution in [2.45, 2.75) is 89.5 Å². The van der Waals surface area contributed by atoms with Crippen LogP contribution in [0.3, 0.4) is 0 Å². The Morgan fingerprint density at radius 1 is 0.840 bits per heavy atom. The lowest BCUT2D eigenvalue weighted by molar-refractivity contribution is -0.137. The van der Waals surface area contributed by atoms with E-state index in [1.165, 1.54) is 50.8 Å². The SMILES string of the molecule is O=C(C1CCCCCC1)N1CCC[C@H](c2nnc3n2CCCCC3)C1. The third-order valence-corrected chi connectivity index (χ3v) is 6.44. The average molecular weight is 345 g/mol. The van der Waals surface area contributed by atoms with Crippen LogP contribution in [0.15, 0.2) is 0 Å². The molecule has 1 amide bonds. The molecule has 3 aliphatic rings. The van der Waals surface area contributed by atoms with E-state index in [1.54, 1.807) is 0 Å². The maximum absolute atomic E-state index is 13.0. The summed E-state index contributed by atoms with van der Waals surface area (Å²) in [7, 11) is 0. The van der Waals surface area contributed by atoms with E-state index < -0.39 is 0 Å². The number of rotatable bonds is 2. The first-order chi connectivity index (χ1) is 12.3. The van der Waals surface area contributed by atoms with E-state index in [0.717, 1.165) is 57.6 Å². The molecule has 1 aliphatic carbocycles. The molecule has 0 spiro atoms. The summed E-state index contributed by atoms with van der Waals surface area (Å²) >= 11 is 0. The fraction of sp³-hybridized carbons (Fsp3) is 0.850. The number of carbonyl (C=O) groups is 1. The van der Waals surface area contributed by atoms with Gasteiger partial charge in [-0.25, -0.2) is 0 Å². The molecule has 1 atom stereocenters. The minimum Gasteiger partial charge on any atom is -0.342 e. The van der Waals surface area contributed by atoms with Gasteiger partial charge >= 0.3 is 0 Å². The third-order valence-electron chi connectivity index (χ3n) is 6.44. The lowest BCUT2D eigenvalue weighted by Crippen LogP contribution is -2.42. The van der Waals surface area contributed by atoms with Crippen molar-refractivity contribution in [2.24, 2.45) is 5.92 Å². The molecule has 25 heavy (non-hydrogen) atoms. The van der Waals surface area contributed by atoms with Crippen LogP contribution in [0.25, 0.3) is 0 Å². The Kier molecular flexibility index (Phi) is 5.37. The zero-order valence-electron chi connectivity index (χ0n) is 15.5. The van der Waals surface area contributed by atoms with Crippen molar-refractivity contribution < 1.29 is 4.79 Å². The van der Waals surface area contributed by atoms with Gasteiger partial charge in [0.25, 0.3) is 0 Å². The van der Waals surface area contributed by atoms with Crippen molar-refractivity contribution in [3.63, 3.8) is 0 Å². The molecule has 4 rings (SSSR count). The van der Waals surface area contributed by atoms with Crippen molar-refractivity contribution >= 4 is 5.91 Å². The van der Waals surface area contributed by atoms with Crippen LogP contribution in [0.2, 0.25) is 0 Å². The van der Waals surface area contributed by atoms with Crippen molar-refractivity contribution in [3.05, 3.63) is 11.6 Å². The van der Waals surface area contributed by atoms with Gasteiger partial charge in [0.1, 0.15) is 11.6 Å². The number of aromatic nitrogens is 3. The summed E-state index contributed by atoms with van der Waals surface area (Å²) in [5, 5.41) is 9.03. The maximum Gasteiger partial charge on any atom is 0.225 e. The van der Waals surface area contributed by atoms with Gasteiger partial charge in [-0.3, -0.25) is 4.79 Å². The molecular weight excluding hydrogens is 312 g/mol. The lowest BCUT2D eigenvalue weighted by atomic mass is 9.93. The van der Waals surface area contributed by atoms with Gasteiger partial charge in [-0.15, -0.1) is 10.2 Å². The Hall–Kier alpha value is -1.39. The molecule has 2 fully saturated rings. The van der Waals surface area contributed by atoms with Crippen LogP contribution >= 0.6 is 0 Å². The monoisotopic (exact) mass is 344 g/mol. The summed E-state index contributed by atoms with van der Waals surface area (Å²) in [6.45, 7) is 2.85. The molecule has 0 aromatic carbocycles. The zero-order chi connectivity index (χ0) is 17.1. The van der Waals surface area contributed by atoms with Crippen LogP contribution in [-0.4, -0.2) is 38.7 Å². The van der Waals surface area contributed by atoms with E-state index in [2.05, 4.69) is 19.7 Å². The normalized spacial score (nSPS) is 25.9. The molecule has 0 unspecified atom stereocenters. The van der Waals surface area contributed by atoms with Gasteiger partial charge in [-0.1, -0.05) is 32.1 Å². The van der Waals surface area contributed by atoms with E-state index >= 15 is 0 Å². The summed E-state index contributed by atoms with van der Waals surface area (Å²) in [4.78, 5) is 15.2. The van der Waals surface area contributed by atoms with Gasteiger partial charge < -0.3 is 9.47 Å². The Balaban J connectivity index is 1.46. The Labute approximate surface area is 151 Å². The number of amides is 1. The molecular formula is C20H32N4O. The van der Waals surface area contributed by atoms with E-state index in [9.17, 15) is 4.79 Å². The molecule has 2 aliphatic heterocycles. The number of carbonyl (C=O) groups excluding carboxylic acids is 1. The highest BCUT2D eigenvalue weighted by Gasteiger charge is 2.32. The summed E-state index contributed by atoms with van der Waals surface area (Å²) in [6.07, 6.45) is 14.3. The Bertz CT molecular complexity index is 589. The number of hydrogen-bond donors (Lipinski definition) is 0. The van der Waals surface area contributed by atoms with Crippen molar-refractivity contribution in [3.8, 4) is 0 Å². The highest BCUT2D eigenvalue weighted by molar-refractivity contribution is 5.79. The van der Waals surface area contributed by atoms with Crippen LogP contribution in [0.4, 0.5) is 0 Å². The van der Waals surface area contributed by atoms with Crippen LogP contribution in [-0.2, 0) is 17.8 Å². The molecule has 0 N–H and O–H groups in total. The molecule has 1 saturated carbocycles. The molecule has 1 aromatic heterocycles. The molecule has 3 heterocycles. The smallest absolute Gasteiger partial charge is 0.225 e. The van der Waals surface area contributed by atoms with Gasteiger partial charge in [0.15, 0.2) is 0 Å². The molecule has 5 nitrogen and oxygen atoms in total. The van der Waals surface area contributed by atoms with E-state index in [4.69, 9.17) is 0 Å². The summed E-state index contributed by atoms with van der Waals surface area (Å²) in [6, 6.07) is 0. The number of fused-ring (bicyclic) bond motifs is 1. The zero-order valence-corrected chi connectivity index (χ0v) is 15.5. The third kappa shape index (κ3) is 3.75. The summed E-state index contributed by atoms with van der Waals surface area (Å²) in [5.41, 5.74) is 0. The minimum atomic E-state index is 0.275. The van der Waals surface area contributed by atoms with Gasteiger partial charge in [-0.2, -0.15) is 0 Å². The second-order valence-corrected chi connectivity index (χ2v) is 8.25. The number of hydrogen-bond acceptors (Lipinski definition) is 3. The van der Waals surface area contributed by atoms with Gasteiger partial charge in [0.05, 0.1) is 0 Å². The number of aryl methyl sites for hydroxylation is 1. The van der Waals surface area contributed by atoms with Gasteiger partial charge in [0, 0.05) is 37.9 Å². The molecule has 1 saturated heterocycles. The fourth-order valence-electron chi connectivity index (χ4n) is 4.98. The first-order valence-corrected chi connectivity index (χ1v) is 10.5. The van der Waals surface area contributed by atoms with Crippen molar-refractivity contribution in [1.82, 2.24) is 19.7 Å². The highest BCUT2D eigenvalue weighted by Crippen LogP contribution is 2.31. The molecule has 1 aromatic rings. The highest BCUT2D eigenvalue weighted by atomic mass is 16.2. The van der Waals surface area contributed by atoms with E-state index in [0.29, 0.717) is 11.8 Å². The summed E-state index contributed by atoms with van der Waals surface area (Å²) in [5.74, 6) is 3.39. The topological polar surface area (TPSA) is 51.0 Å². The second kappa shape index (κ2) is 7.88. The molecule has 0 bridgehead atoms. The average Bonchev–Trinajstić information content (AvgIpc) is 2.85. The van der Waals surface area contributed by atoms with Gasteiger partial charge in [-0.05, 0) is 38.5 Å². The minimum absolute atomic E-state index is 0.275. The quantitative estimate of drug-likeness (QED) is 0.769. The predicted molar refractivity (Wildman–Crippen MR) is 97.3 cm³/mol. The van der Waals surface area contributed by atoms with Crippen LogP contribution in [0.1, 0.15) is 88.2 Å². The van der Waals surface area contributed by atoms with E-state index in [1.807, 2.05) is 0 Å². The number of likely N-dealkylation sites (tertiary alicyclic amines) is 1.